The lowest BCUT2D eigenvalue weighted by Crippen LogP contribution is -2.30. The van der Waals surface area contributed by atoms with E-state index in [1.807, 2.05) is 30.4 Å². The van der Waals surface area contributed by atoms with Crippen LogP contribution in [0.2, 0.25) is 0 Å². The van der Waals surface area contributed by atoms with Crippen LogP contribution in [0, 0.1) is 13.8 Å². The largest absolute Gasteiger partial charge is 0.329 e. The van der Waals surface area contributed by atoms with Crippen molar-refractivity contribution >= 4 is 11.3 Å². The summed E-state index contributed by atoms with van der Waals surface area (Å²) in [6, 6.07) is 0.190. The molecule has 0 saturated heterocycles. The van der Waals surface area contributed by atoms with Gasteiger partial charge in [0.05, 0.1) is 23.4 Å². The van der Waals surface area contributed by atoms with Crippen LogP contribution < -0.4 is 5.73 Å². The van der Waals surface area contributed by atoms with Gasteiger partial charge >= 0.3 is 0 Å². The molecule has 19 heavy (non-hydrogen) atoms. The van der Waals surface area contributed by atoms with Gasteiger partial charge in [0.1, 0.15) is 0 Å². The number of likely N-dealkylation sites (N-methyl/N-ethyl adjacent to an activating group) is 1. The van der Waals surface area contributed by atoms with Crippen LogP contribution >= 0.6 is 11.3 Å². The fourth-order valence-corrected chi connectivity index (χ4v) is 3.04. The van der Waals surface area contributed by atoms with E-state index in [9.17, 15) is 0 Å². The monoisotopic (exact) mass is 279 g/mol. The van der Waals surface area contributed by atoms with Crippen molar-refractivity contribution in [3.8, 4) is 0 Å². The van der Waals surface area contributed by atoms with Crippen molar-refractivity contribution in [3.05, 3.63) is 33.5 Å². The van der Waals surface area contributed by atoms with Crippen LogP contribution in [-0.4, -0.2) is 33.3 Å². The molecule has 2 heterocycles. The molecule has 0 amide bonds. The molecule has 2 aromatic rings. The molecule has 2 aromatic heterocycles. The maximum atomic E-state index is 5.96. The van der Waals surface area contributed by atoms with Crippen LogP contribution in [0.5, 0.6) is 0 Å². The van der Waals surface area contributed by atoms with E-state index in [-0.39, 0.29) is 6.04 Å². The molecule has 1 atom stereocenters. The number of hydrogen-bond acceptors (Lipinski definition) is 5. The number of hydrogen-bond donors (Lipinski definition) is 1. The number of nitrogens with two attached hydrogens (primary N) is 1. The topological polar surface area (TPSA) is 60.0 Å². The summed E-state index contributed by atoms with van der Waals surface area (Å²) < 4.78 is 1.89. The minimum absolute atomic E-state index is 0.190. The van der Waals surface area contributed by atoms with Crippen molar-refractivity contribution < 1.29 is 0 Å². The minimum Gasteiger partial charge on any atom is -0.329 e. The minimum atomic E-state index is 0.190. The third-order valence-corrected chi connectivity index (χ3v) is 4.55. The van der Waals surface area contributed by atoms with Crippen LogP contribution in [0.3, 0.4) is 0 Å². The molecule has 104 valence electrons. The first kappa shape index (κ1) is 14.2. The first-order chi connectivity index (χ1) is 9.04. The smallest absolute Gasteiger partial charge is 0.0798 e. The second-order valence-corrected chi connectivity index (χ2v) is 5.78. The number of nitrogens with zero attached hydrogens (tertiary/aromatic N) is 4. The molecule has 0 saturated carbocycles. The number of thiazole rings is 1. The van der Waals surface area contributed by atoms with E-state index in [1.54, 1.807) is 11.3 Å². The summed E-state index contributed by atoms with van der Waals surface area (Å²) in [6.45, 7) is 5.58. The van der Waals surface area contributed by atoms with Crippen molar-refractivity contribution in [2.75, 3.05) is 13.6 Å². The Kier molecular flexibility index (Phi) is 4.34. The zero-order valence-electron chi connectivity index (χ0n) is 11.9. The van der Waals surface area contributed by atoms with Crippen LogP contribution in [0.25, 0.3) is 0 Å². The van der Waals surface area contributed by atoms with E-state index < -0.39 is 0 Å². The molecule has 0 spiro atoms. The molecule has 1 unspecified atom stereocenters. The summed E-state index contributed by atoms with van der Waals surface area (Å²) in [6.07, 6.45) is 1.92. The van der Waals surface area contributed by atoms with E-state index in [0.29, 0.717) is 6.54 Å². The Hall–Kier alpha value is -1.24. The van der Waals surface area contributed by atoms with Crippen LogP contribution in [0.15, 0.2) is 11.7 Å². The molecule has 0 aliphatic rings. The van der Waals surface area contributed by atoms with Gasteiger partial charge < -0.3 is 5.73 Å². The fraction of sp³-hybridized carbons (Fsp3) is 0.538. The molecule has 5 nitrogen and oxygen atoms in total. The summed E-state index contributed by atoms with van der Waals surface area (Å²) in [5.41, 5.74) is 11.3. The van der Waals surface area contributed by atoms with E-state index in [4.69, 9.17) is 5.73 Å². The van der Waals surface area contributed by atoms with E-state index in [1.165, 1.54) is 16.1 Å². The zero-order valence-corrected chi connectivity index (χ0v) is 12.7. The van der Waals surface area contributed by atoms with Gasteiger partial charge in [0.25, 0.3) is 0 Å². The quantitative estimate of drug-likeness (QED) is 0.903. The fourth-order valence-electron chi connectivity index (χ4n) is 2.20. The Bertz CT molecular complexity index is 545. The van der Waals surface area contributed by atoms with Crippen molar-refractivity contribution in [3.63, 3.8) is 0 Å². The maximum absolute atomic E-state index is 5.96. The molecule has 0 bridgehead atoms. The highest BCUT2D eigenvalue weighted by atomic mass is 32.1. The van der Waals surface area contributed by atoms with Crippen molar-refractivity contribution in [2.45, 2.75) is 26.4 Å². The molecule has 6 heteroatoms. The normalized spacial score (nSPS) is 13.2. The highest BCUT2D eigenvalue weighted by Gasteiger charge is 2.20. The van der Waals surface area contributed by atoms with Crippen LogP contribution in [0.4, 0.5) is 0 Å². The third-order valence-electron chi connectivity index (χ3n) is 3.63. The van der Waals surface area contributed by atoms with Crippen molar-refractivity contribution in [1.82, 2.24) is 19.7 Å². The molecule has 0 radical (unpaired) electrons. The third kappa shape index (κ3) is 2.86. The highest BCUT2D eigenvalue weighted by Crippen LogP contribution is 2.24. The first-order valence-electron chi connectivity index (χ1n) is 6.32. The average Bonchev–Trinajstić information content (AvgIpc) is 2.91. The van der Waals surface area contributed by atoms with Crippen LogP contribution in [0.1, 0.15) is 27.9 Å². The summed E-state index contributed by atoms with van der Waals surface area (Å²) in [7, 11) is 4.06. The summed E-state index contributed by atoms with van der Waals surface area (Å²) >= 11 is 1.70. The second kappa shape index (κ2) is 5.81. The van der Waals surface area contributed by atoms with E-state index in [0.717, 1.165) is 12.2 Å². The van der Waals surface area contributed by atoms with Gasteiger partial charge in [-0.15, -0.1) is 11.3 Å². The Morgan fingerprint density at radius 3 is 2.68 bits per heavy atom. The Morgan fingerprint density at radius 1 is 1.47 bits per heavy atom. The van der Waals surface area contributed by atoms with Crippen LogP contribution in [-0.2, 0) is 13.6 Å². The lowest BCUT2D eigenvalue weighted by molar-refractivity contribution is 0.242. The van der Waals surface area contributed by atoms with Gasteiger partial charge in [0.15, 0.2) is 0 Å². The van der Waals surface area contributed by atoms with Gasteiger partial charge in [-0.1, -0.05) is 0 Å². The van der Waals surface area contributed by atoms with E-state index in [2.05, 4.69) is 29.0 Å². The molecule has 2 N–H and O–H groups in total. The average molecular weight is 279 g/mol. The molecule has 0 aliphatic heterocycles. The summed E-state index contributed by atoms with van der Waals surface area (Å²) in [5.74, 6) is 0. The summed E-state index contributed by atoms with van der Waals surface area (Å²) in [4.78, 5) is 7.86. The maximum Gasteiger partial charge on any atom is 0.0798 e. The first-order valence-corrected chi connectivity index (χ1v) is 7.20. The number of aryl methyl sites for hydroxylation is 2. The highest BCUT2D eigenvalue weighted by molar-refractivity contribution is 7.09. The van der Waals surface area contributed by atoms with Gasteiger partial charge in [-0.3, -0.25) is 9.58 Å². The standard InChI is InChI=1S/C13H21N5S/c1-9-13(19-8-15-9)7-17(3)12(5-14)11-6-16-18(4)10(11)2/h6,8,12H,5,7,14H2,1-4H3. The second-order valence-electron chi connectivity index (χ2n) is 4.84. The lowest BCUT2D eigenvalue weighted by atomic mass is 10.1. The molecular weight excluding hydrogens is 258 g/mol. The number of aromatic nitrogens is 3. The van der Waals surface area contributed by atoms with Gasteiger partial charge in [0, 0.05) is 36.3 Å². The van der Waals surface area contributed by atoms with E-state index >= 15 is 0 Å². The molecule has 0 aliphatic carbocycles. The molecular formula is C13H21N5S. The predicted molar refractivity (Wildman–Crippen MR) is 78.1 cm³/mol. The zero-order chi connectivity index (χ0) is 14.0. The number of rotatable bonds is 5. The Labute approximate surface area is 118 Å². The van der Waals surface area contributed by atoms with Gasteiger partial charge in [-0.2, -0.15) is 5.10 Å². The molecule has 2 rings (SSSR count). The Morgan fingerprint density at radius 2 is 2.21 bits per heavy atom. The SMILES string of the molecule is Cc1ncsc1CN(C)C(CN)c1cnn(C)c1C. The Balaban J connectivity index is 2.18. The predicted octanol–water partition coefficient (Wildman–Crippen LogP) is 1.63. The lowest BCUT2D eigenvalue weighted by Gasteiger charge is -2.26. The summed E-state index contributed by atoms with van der Waals surface area (Å²) in [5, 5.41) is 4.31. The van der Waals surface area contributed by atoms with Crippen molar-refractivity contribution in [2.24, 2.45) is 12.8 Å². The van der Waals surface area contributed by atoms with Gasteiger partial charge in [-0.05, 0) is 20.9 Å². The molecule has 0 aromatic carbocycles. The van der Waals surface area contributed by atoms with Crippen molar-refractivity contribution in [1.29, 1.82) is 0 Å². The molecule has 0 fully saturated rings. The van der Waals surface area contributed by atoms with Gasteiger partial charge in [0.2, 0.25) is 0 Å². The van der Waals surface area contributed by atoms with Gasteiger partial charge in [-0.25, -0.2) is 4.98 Å².